The summed E-state index contributed by atoms with van der Waals surface area (Å²) in [6.07, 6.45) is 1.46. The average molecular weight is 387 g/mol. The van der Waals surface area contributed by atoms with Crippen LogP contribution in [0, 0.1) is 0 Å². The zero-order valence-corrected chi connectivity index (χ0v) is 14.9. The molecule has 7 N–H and O–H groups in total. The third kappa shape index (κ3) is 4.12. The summed E-state index contributed by atoms with van der Waals surface area (Å²) in [5, 5.41) is 17.6. The number of primary amides is 1. The number of fused-ring (bicyclic) bond motifs is 1. The van der Waals surface area contributed by atoms with Crippen LogP contribution in [-0.2, 0) is 25.6 Å². The van der Waals surface area contributed by atoms with Gasteiger partial charge in [0, 0.05) is 23.5 Å². The van der Waals surface area contributed by atoms with Crippen LogP contribution < -0.4 is 21.7 Å². The Bertz CT molecular complexity index is 924. The maximum Gasteiger partial charge on any atom is 0.245 e. The van der Waals surface area contributed by atoms with Gasteiger partial charge < -0.3 is 31.8 Å². The lowest BCUT2D eigenvalue weighted by Crippen LogP contribution is -2.53. The predicted octanol–water partition coefficient (Wildman–Crippen LogP) is -1.95. The minimum absolute atomic E-state index is 0.150. The number of amides is 4. The van der Waals surface area contributed by atoms with Crippen LogP contribution in [0.25, 0.3) is 10.9 Å². The number of carbonyl (C=O) groups excluding carboxylic acids is 4. The van der Waals surface area contributed by atoms with Gasteiger partial charge in [0.05, 0.1) is 13.0 Å². The highest BCUT2D eigenvalue weighted by Gasteiger charge is 2.34. The van der Waals surface area contributed by atoms with Gasteiger partial charge in [0.1, 0.15) is 18.1 Å². The monoisotopic (exact) mass is 387 g/mol. The molecule has 1 aliphatic heterocycles. The molecule has 1 aromatic carbocycles. The number of rotatable bonds is 5. The van der Waals surface area contributed by atoms with Crippen LogP contribution in [-0.4, -0.2) is 58.5 Å². The average Bonchev–Trinajstić information content (AvgIpc) is 3.07. The standard InChI is InChI=1S/C18H21N5O5/c19-15(25)6-13-17(27)21-12(16(26)23-14(8-24)18(28)22-13)5-9-7-20-11-4-2-1-3-10(9)11/h1-4,7,12-14,20,24H,5-6,8H2,(H2,19,25)(H,21,27)(H,22,28)(H,23,26)/t12-,13-,14-/m0/s1. The van der Waals surface area contributed by atoms with Crippen LogP contribution in [0.1, 0.15) is 12.0 Å². The molecule has 0 spiro atoms. The van der Waals surface area contributed by atoms with Crippen molar-refractivity contribution in [3.63, 3.8) is 0 Å². The number of aromatic amines is 1. The summed E-state index contributed by atoms with van der Waals surface area (Å²) in [5.41, 5.74) is 6.83. The maximum atomic E-state index is 12.7. The fraction of sp³-hybridized carbons (Fsp3) is 0.333. The van der Waals surface area contributed by atoms with Crippen LogP contribution in [0.3, 0.4) is 0 Å². The molecule has 2 heterocycles. The van der Waals surface area contributed by atoms with Gasteiger partial charge in [-0.3, -0.25) is 19.2 Å². The van der Waals surface area contributed by atoms with Crippen LogP contribution in [0.15, 0.2) is 30.5 Å². The van der Waals surface area contributed by atoms with Crippen LogP contribution in [0.2, 0.25) is 0 Å². The van der Waals surface area contributed by atoms with Crippen LogP contribution in [0.5, 0.6) is 0 Å². The van der Waals surface area contributed by atoms with Gasteiger partial charge in [-0.15, -0.1) is 0 Å². The molecule has 1 aromatic heterocycles. The third-order valence-electron chi connectivity index (χ3n) is 4.59. The van der Waals surface area contributed by atoms with Crippen LogP contribution in [0.4, 0.5) is 0 Å². The molecular formula is C18H21N5O5. The van der Waals surface area contributed by atoms with Gasteiger partial charge in [-0.05, 0) is 11.6 Å². The lowest BCUT2D eigenvalue weighted by molar-refractivity contribution is -0.132. The van der Waals surface area contributed by atoms with Crippen molar-refractivity contribution < 1.29 is 24.3 Å². The second kappa shape index (κ2) is 8.09. The van der Waals surface area contributed by atoms with E-state index in [1.807, 2.05) is 24.3 Å². The third-order valence-corrected chi connectivity index (χ3v) is 4.59. The second-order valence-electron chi connectivity index (χ2n) is 6.60. The molecule has 1 saturated heterocycles. The van der Waals surface area contributed by atoms with Crippen molar-refractivity contribution in [2.75, 3.05) is 6.61 Å². The molecule has 28 heavy (non-hydrogen) atoms. The van der Waals surface area contributed by atoms with Crippen molar-refractivity contribution in [2.45, 2.75) is 31.0 Å². The summed E-state index contributed by atoms with van der Waals surface area (Å²) in [6, 6.07) is 3.99. The second-order valence-corrected chi connectivity index (χ2v) is 6.60. The molecule has 148 valence electrons. The number of aliphatic hydroxyl groups is 1. The van der Waals surface area contributed by atoms with Crippen LogP contribution >= 0.6 is 0 Å². The fourth-order valence-electron chi connectivity index (χ4n) is 3.15. The number of para-hydroxylation sites is 1. The number of H-pyrrole nitrogens is 1. The first kappa shape index (κ1) is 19.4. The smallest absolute Gasteiger partial charge is 0.245 e. The Balaban J connectivity index is 1.90. The highest BCUT2D eigenvalue weighted by molar-refractivity contribution is 5.99. The molecular weight excluding hydrogens is 366 g/mol. The molecule has 4 amide bonds. The Morgan fingerprint density at radius 2 is 1.57 bits per heavy atom. The van der Waals surface area contributed by atoms with Crippen molar-refractivity contribution in [2.24, 2.45) is 5.73 Å². The van der Waals surface area contributed by atoms with E-state index in [4.69, 9.17) is 5.73 Å². The van der Waals surface area contributed by atoms with Gasteiger partial charge in [-0.1, -0.05) is 18.2 Å². The summed E-state index contributed by atoms with van der Waals surface area (Å²) in [7, 11) is 0. The van der Waals surface area contributed by atoms with E-state index in [9.17, 15) is 24.3 Å². The predicted molar refractivity (Wildman–Crippen MR) is 98.7 cm³/mol. The molecule has 0 saturated carbocycles. The van der Waals surface area contributed by atoms with E-state index in [0.29, 0.717) is 0 Å². The van der Waals surface area contributed by atoms with Gasteiger partial charge in [0.2, 0.25) is 23.6 Å². The molecule has 0 radical (unpaired) electrons. The Hall–Kier alpha value is -3.40. The topological polar surface area (TPSA) is 166 Å². The number of hydrogen-bond acceptors (Lipinski definition) is 5. The Morgan fingerprint density at radius 3 is 2.29 bits per heavy atom. The normalized spacial score (nSPS) is 23.2. The van der Waals surface area contributed by atoms with E-state index in [1.165, 1.54) is 0 Å². The molecule has 0 unspecified atom stereocenters. The van der Waals surface area contributed by atoms with Gasteiger partial charge >= 0.3 is 0 Å². The fourth-order valence-corrected chi connectivity index (χ4v) is 3.15. The van der Waals surface area contributed by atoms with E-state index in [1.54, 1.807) is 6.20 Å². The molecule has 3 rings (SSSR count). The van der Waals surface area contributed by atoms with Crippen molar-refractivity contribution >= 4 is 34.5 Å². The molecule has 0 bridgehead atoms. The number of aromatic nitrogens is 1. The number of hydrogen-bond donors (Lipinski definition) is 6. The first-order valence-corrected chi connectivity index (χ1v) is 8.74. The van der Waals surface area contributed by atoms with E-state index >= 15 is 0 Å². The largest absolute Gasteiger partial charge is 0.394 e. The highest BCUT2D eigenvalue weighted by atomic mass is 16.3. The molecule has 2 aromatic rings. The zero-order valence-electron chi connectivity index (χ0n) is 14.9. The van der Waals surface area contributed by atoms with Gasteiger partial charge in [0.25, 0.3) is 0 Å². The maximum absolute atomic E-state index is 12.7. The molecule has 0 aliphatic carbocycles. The van der Waals surface area contributed by atoms with Gasteiger partial charge in [0.15, 0.2) is 0 Å². The quantitative estimate of drug-likeness (QED) is 0.350. The lowest BCUT2D eigenvalue weighted by Gasteiger charge is -2.19. The molecule has 1 aliphatic rings. The minimum Gasteiger partial charge on any atom is -0.394 e. The Morgan fingerprint density at radius 1 is 0.964 bits per heavy atom. The van der Waals surface area contributed by atoms with E-state index in [-0.39, 0.29) is 6.42 Å². The number of nitrogens with one attached hydrogen (secondary N) is 4. The van der Waals surface area contributed by atoms with E-state index < -0.39 is 54.8 Å². The first-order valence-electron chi connectivity index (χ1n) is 8.74. The van der Waals surface area contributed by atoms with Crippen molar-refractivity contribution in [1.29, 1.82) is 0 Å². The number of benzene rings is 1. The Labute approximate surface area is 159 Å². The number of aliphatic hydroxyl groups excluding tert-OH is 1. The molecule has 1 fully saturated rings. The van der Waals surface area contributed by atoms with Gasteiger partial charge in [-0.2, -0.15) is 0 Å². The summed E-state index contributed by atoms with van der Waals surface area (Å²) >= 11 is 0. The number of carbonyl (C=O) groups is 4. The Kier molecular flexibility index (Phi) is 5.59. The molecule has 10 heteroatoms. The number of nitrogens with two attached hydrogens (primary N) is 1. The minimum atomic E-state index is -1.25. The SMILES string of the molecule is NC(=O)C[C@@H]1NC(=O)[C@H](CO)NC(=O)[C@H](Cc2c[nH]c3ccccc23)NC1=O. The molecule has 3 atom stereocenters. The summed E-state index contributed by atoms with van der Waals surface area (Å²) in [6.45, 7) is -0.658. The van der Waals surface area contributed by atoms with Crippen molar-refractivity contribution in [3.05, 3.63) is 36.0 Å². The summed E-state index contributed by atoms with van der Waals surface area (Å²) < 4.78 is 0. The summed E-state index contributed by atoms with van der Waals surface area (Å²) in [5.74, 6) is -2.88. The van der Waals surface area contributed by atoms with Gasteiger partial charge in [-0.25, -0.2) is 0 Å². The van der Waals surface area contributed by atoms with Crippen molar-refractivity contribution in [1.82, 2.24) is 20.9 Å². The van der Waals surface area contributed by atoms with Crippen molar-refractivity contribution in [3.8, 4) is 0 Å². The first-order chi connectivity index (χ1) is 13.4. The molecule has 10 nitrogen and oxygen atoms in total. The van der Waals surface area contributed by atoms with E-state index in [2.05, 4.69) is 20.9 Å². The van der Waals surface area contributed by atoms with E-state index in [0.717, 1.165) is 16.5 Å². The summed E-state index contributed by atoms with van der Waals surface area (Å²) in [4.78, 5) is 51.8. The highest BCUT2D eigenvalue weighted by Crippen LogP contribution is 2.19. The zero-order chi connectivity index (χ0) is 20.3. The lowest BCUT2D eigenvalue weighted by atomic mass is 10.0.